The van der Waals surface area contributed by atoms with Crippen LogP contribution in [0.3, 0.4) is 0 Å². The fourth-order valence-corrected chi connectivity index (χ4v) is 11.1. The third-order valence-corrected chi connectivity index (χ3v) is 14.0. The predicted octanol–water partition coefficient (Wildman–Crippen LogP) is 15.7. The van der Waals surface area contributed by atoms with Gasteiger partial charge in [0, 0.05) is 58.8 Å². The summed E-state index contributed by atoms with van der Waals surface area (Å²) in [6.45, 7) is 2.31. The first-order chi connectivity index (χ1) is 30.6. The van der Waals surface area contributed by atoms with Gasteiger partial charge in [0.25, 0.3) is 0 Å². The molecule has 0 saturated heterocycles. The van der Waals surface area contributed by atoms with Gasteiger partial charge in [-0.2, -0.15) is 0 Å². The van der Waals surface area contributed by atoms with E-state index in [4.69, 9.17) is 14.4 Å². The Balaban J connectivity index is 1.12. The molecule has 0 radical (unpaired) electrons. The highest BCUT2D eigenvalue weighted by Crippen LogP contribution is 2.44. The largest absolute Gasteiger partial charge is 0.456 e. The lowest BCUT2D eigenvalue weighted by Crippen LogP contribution is -2.17. The molecule has 1 aliphatic rings. The summed E-state index contributed by atoms with van der Waals surface area (Å²) in [6.07, 6.45) is 3.10. The number of rotatable bonds is 4. The average molecular weight is 812 g/mol. The molecule has 292 valence electrons. The van der Waals surface area contributed by atoms with Crippen molar-refractivity contribution in [2.45, 2.75) is 13.3 Å². The van der Waals surface area contributed by atoms with Crippen molar-refractivity contribution in [2.24, 2.45) is 15.9 Å². The third kappa shape index (κ3) is 5.38. The zero-order valence-electron chi connectivity index (χ0n) is 33.8. The van der Waals surface area contributed by atoms with Crippen molar-refractivity contribution in [3.8, 4) is 5.69 Å². The molecule has 0 N–H and O–H groups in total. The third-order valence-electron chi connectivity index (χ3n) is 12.8. The van der Waals surface area contributed by atoms with Crippen LogP contribution in [0.1, 0.15) is 30.0 Å². The Morgan fingerprint density at radius 1 is 0.532 bits per heavy atom. The summed E-state index contributed by atoms with van der Waals surface area (Å²) in [4.78, 5) is 11.5. The SMILES string of the molecule is CC1C/C=C(c2c(-n3c4ccccc4c4cc5ccccc5cc43)ccc3oc4ccccc4c23)/N=C(c2cccc3ccccc23)\N=C/1c1ccc2c(c1)sc1ccccc12. The highest BCUT2D eigenvalue weighted by molar-refractivity contribution is 7.25. The first kappa shape index (κ1) is 35.2. The number of nitrogens with zero attached hydrogens (tertiary/aromatic N) is 3. The van der Waals surface area contributed by atoms with E-state index >= 15 is 0 Å². The van der Waals surface area contributed by atoms with Gasteiger partial charge in [-0.05, 0) is 82.1 Å². The van der Waals surface area contributed by atoms with Gasteiger partial charge in [0.1, 0.15) is 11.2 Å². The number of aromatic nitrogens is 1. The highest BCUT2D eigenvalue weighted by Gasteiger charge is 2.26. The van der Waals surface area contributed by atoms with Gasteiger partial charge in [0.2, 0.25) is 0 Å². The van der Waals surface area contributed by atoms with E-state index in [1.807, 2.05) is 17.4 Å². The van der Waals surface area contributed by atoms with E-state index in [1.165, 1.54) is 41.7 Å². The summed E-state index contributed by atoms with van der Waals surface area (Å²) in [6, 6.07) is 65.5. The lowest BCUT2D eigenvalue weighted by Gasteiger charge is -2.21. The van der Waals surface area contributed by atoms with Gasteiger partial charge >= 0.3 is 0 Å². The van der Waals surface area contributed by atoms with E-state index < -0.39 is 0 Å². The maximum atomic E-state index is 6.66. The molecule has 0 amide bonds. The number of aliphatic imine (C=N–C) groups is 2. The van der Waals surface area contributed by atoms with Crippen LogP contribution in [-0.4, -0.2) is 16.1 Å². The van der Waals surface area contributed by atoms with E-state index in [9.17, 15) is 0 Å². The van der Waals surface area contributed by atoms with E-state index in [1.54, 1.807) is 0 Å². The van der Waals surface area contributed by atoms with Crippen LogP contribution < -0.4 is 0 Å². The van der Waals surface area contributed by atoms with Crippen LogP contribution in [0.15, 0.2) is 202 Å². The molecule has 9 aromatic carbocycles. The van der Waals surface area contributed by atoms with Crippen molar-refractivity contribution in [2.75, 3.05) is 0 Å². The number of hydrogen-bond acceptors (Lipinski definition) is 4. The molecule has 0 bridgehead atoms. The van der Waals surface area contributed by atoms with Crippen LogP contribution in [0.2, 0.25) is 0 Å². The minimum absolute atomic E-state index is 0.0839. The maximum absolute atomic E-state index is 6.66. The van der Waals surface area contributed by atoms with Gasteiger partial charge < -0.3 is 8.98 Å². The highest BCUT2D eigenvalue weighted by atomic mass is 32.1. The Hall–Kier alpha value is -7.60. The quantitative estimate of drug-likeness (QED) is 0.175. The van der Waals surface area contributed by atoms with Crippen LogP contribution in [-0.2, 0) is 0 Å². The van der Waals surface area contributed by atoms with Gasteiger partial charge in [-0.3, -0.25) is 0 Å². The molecule has 1 unspecified atom stereocenters. The number of fused-ring (bicyclic) bond motifs is 11. The number of hydrogen-bond donors (Lipinski definition) is 0. The van der Waals surface area contributed by atoms with E-state index in [-0.39, 0.29) is 5.92 Å². The number of benzene rings is 9. The summed E-state index contributed by atoms with van der Waals surface area (Å²) in [7, 11) is 0. The fraction of sp³-hybridized carbons (Fsp3) is 0.0526. The molecule has 0 spiro atoms. The molecule has 1 aliphatic heterocycles. The van der Waals surface area contributed by atoms with Crippen LogP contribution >= 0.6 is 11.3 Å². The van der Waals surface area contributed by atoms with Crippen molar-refractivity contribution in [3.05, 3.63) is 205 Å². The molecular weight excluding hydrogens is 775 g/mol. The molecule has 13 rings (SSSR count). The first-order valence-corrected chi connectivity index (χ1v) is 22.1. The minimum atomic E-state index is 0.0839. The van der Waals surface area contributed by atoms with Gasteiger partial charge in [0.15, 0.2) is 5.84 Å². The van der Waals surface area contributed by atoms with E-state index in [0.29, 0.717) is 5.84 Å². The summed E-state index contributed by atoms with van der Waals surface area (Å²) in [5.41, 5.74) is 10.1. The molecule has 4 nitrogen and oxygen atoms in total. The average Bonchev–Trinajstić information content (AvgIpc) is 3.98. The Kier molecular flexibility index (Phi) is 7.78. The molecule has 4 heterocycles. The molecule has 5 heteroatoms. The van der Waals surface area contributed by atoms with E-state index in [2.05, 4.69) is 193 Å². The molecule has 62 heavy (non-hydrogen) atoms. The van der Waals surface area contributed by atoms with Crippen molar-refractivity contribution in [1.29, 1.82) is 0 Å². The number of allylic oxidation sites excluding steroid dienone is 1. The molecule has 1 atom stereocenters. The van der Waals surface area contributed by atoms with Gasteiger partial charge in [-0.1, -0.05) is 146 Å². The summed E-state index contributed by atoms with van der Waals surface area (Å²) < 4.78 is 11.7. The molecule has 3 aromatic heterocycles. The van der Waals surface area contributed by atoms with Crippen molar-refractivity contribution in [3.63, 3.8) is 0 Å². The molecule has 0 aliphatic carbocycles. The monoisotopic (exact) mass is 811 g/mol. The Morgan fingerprint density at radius 2 is 1.24 bits per heavy atom. The lowest BCUT2D eigenvalue weighted by molar-refractivity contribution is 0.669. The lowest BCUT2D eigenvalue weighted by atomic mass is 9.92. The van der Waals surface area contributed by atoms with Gasteiger partial charge in [0.05, 0.1) is 28.1 Å². The second-order valence-corrected chi connectivity index (χ2v) is 17.6. The topological polar surface area (TPSA) is 42.8 Å². The fourth-order valence-electron chi connectivity index (χ4n) is 9.91. The number of furan rings is 1. The van der Waals surface area contributed by atoms with Crippen LogP contribution in [0.4, 0.5) is 0 Å². The van der Waals surface area contributed by atoms with Gasteiger partial charge in [-0.15, -0.1) is 11.3 Å². The summed E-state index contributed by atoms with van der Waals surface area (Å²) in [5, 5.41) is 11.8. The van der Waals surface area contributed by atoms with Crippen molar-refractivity contribution < 1.29 is 4.42 Å². The van der Waals surface area contributed by atoms with E-state index in [0.717, 1.165) is 84.0 Å². The Bertz CT molecular complexity index is 3930. The first-order valence-electron chi connectivity index (χ1n) is 21.3. The van der Waals surface area contributed by atoms with Gasteiger partial charge in [-0.25, -0.2) is 9.98 Å². The molecular formula is C57H37N3OS. The second kappa shape index (κ2) is 13.7. The molecule has 0 fully saturated rings. The standard InChI is InChI=1S/C57H37N3OS/c1-34-25-28-46(58-57(43-21-12-16-35-13-4-5-17-39(35)43)59-56(34)38-26-27-42-41-19-8-11-24-52(41)62-53(42)33-38)55-48(29-30-51-54(55)44-20-7-10-23-50(44)61-51)60-47-22-9-6-18-40(47)45-31-36-14-2-3-15-37(36)32-49(45)60/h2-24,26-34H,25H2,1H3/b46-28+,58-57-,59-56+. The van der Waals surface area contributed by atoms with Crippen LogP contribution in [0.5, 0.6) is 0 Å². The molecule has 12 aromatic rings. The number of thiophene rings is 1. The number of amidine groups is 1. The second-order valence-electron chi connectivity index (χ2n) is 16.5. The van der Waals surface area contributed by atoms with Crippen LogP contribution in [0.25, 0.3) is 96.8 Å². The normalized spacial score (nSPS) is 17.4. The predicted molar refractivity (Wildman–Crippen MR) is 264 cm³/mol. The Morgan fingerprint density at radius 3 is 2.13 bits per heavy atom. The van der Waals surface area contributed by atoms with Crippen molar-refractivity contribution >= 4 is 114 Å². The molecule has 0 saturated carbocycles. The maximum Gasteiger partial charge on any atom is 0.160 e. The zero-order valence-corrected chi connectivity index (χ0v) is 34.7. The Labute approximate surface area is 361 Å². The smallest absolute Gasteiger partial charge is 0.160 e. The summed E-state index contributed by atoms with van der Waals surface area (Å²) in [5.74, 6) is 0.774. The zero-order chi connectivity index (χ0) is 40.9. The van der Waals surface area contributed by atoms with Crippen molar-refractivity contribution in [1.82, 2.24) is 4.57 Å². The number of para-hydroxylation sites is 2. The van der Waals surface area contributed by atoms with Crippen LogP contribution in [0, 0.1) is 5.92 Å². The minimum Gasteiger partial charge on any atom is -0.456 e. The summed E-state index contributed by atoms with van der Waals surface area (Å²) >= 11 is 1.84.